The second kappa shape index (κ2) is 8.64. The molecule has 2 aromatic carbocycles. The van der Waals surface area contributed by atoms with Gasteiger partial charge in [0, 0.05) is 70.8 Å². The van der Waals surface area contributed by atoms with E-state index in [-0.39, 0.29) is 16.8 Å². The van der Waals surface area contributed by atoms with Crippen LogP contribution in [-0.2, 0) is 21.1 Å². The molecule has 0 N–H and O–H groups in total. The van der Waals surface area contributed by atoms with Crippen molar-refractivity contribution in [1.29, 1.82) is 0 Å². The fraction of sp³-hybridized carbons (Fsp3) is 0.286. The highest BCUT2D eigenvalue weighted by atomic mass is 32.2. The molecule has 0 bridgehead atoms. The van der Waals surface area contributed by atoms with Crippen LogP contribution in [0.1, 0.15) is 42.5 Å². The Morgan fingerprint density at radius 1 is 1.06 bits per heavy atom. The Labute approximate surface area is 209 Å². The molecule has 0 atom stereocenters. The van der Waals surface area contributed by atoms with Crippen LogP contribution >= 0.6 is 0 Å². The highest BCUT2D eigenvalue weighted by Gasteiger charge is 2.29. The maximum absolute atomic E-state index is 13.9. The van der Waals surface area contributed by atoms with Gasteiger partial charge in [0.05, 0.1) is 12.1 Å². The Hall–Kier alpha value is -3.36. The first-order chi connectivity index (χ1) is 17.3. The quantitative estimate of drug-likeness (QED) is 0.371. The van der Waals surface area contributed by atoms with E-state index in [2.05, 4.69) is 26.7 Å². The first kappa shape index (κ1) is 23.1. The average molecular weight is 504 g/mol. The normalized spacial score (nSPS) is 16.4. The second-order valence-electron chi connectivity index (χ2n) is 9.54. The van der Waals surface area contributed by atoms with E-state index in [0.717, 1.165) is 69.3 Å². The van der Waals surface area contributed by atoms with Crippen LogP contribution in [0.15, 0.2) is 64.7 Å². The van der Waals surface area contributed by atoms with Crippen LogP contribution in [0.5, 0.6) is 0 Å². The Bertz CT molecular complexity index is 1620. The third-order valence-corrected chi connectivity index (χ3v) is 8.20. The summed E-state index contributed by atoms with van der Waals surface area (Å²) in [5.41, 5.74) is 8.18. The van der Waals surface area contributed by atoms with Gasteiger partial charge in [0.25, 0.3) is 0 Å². The first-order valence-corrected chi connectivity index (χ1v) is 13.9. The fourth-order valence-corrected chi connectivity index (χ4v) is 5.99. The van der Waals surface area contributed by atoms with Gasteiger partial charge in [-0.15, -0.1) is 0 Å². The predicted octanol–water partition coefficient (Wildman–Crippen LogP) is 5.45. The molecule has 4 heterocycles. The number of pyridine rings is 1. The molecular formula is C28H26FN3O3S. The number of fused-ring (bicyclic) bond motifs is 2. The monoisotopic (exact) mass is 503 g/mol. The molecule has 0 saturated carbocycles. The lowest BCUT2D eigenvalue weighted by molar-refractivity contribution is 0.0843. The summed E-state index contributed by atoms with van der Waals surface area (Å²) in [7, 11) is -3.41. The van der Waals surface area contributed by atoms with E-state index in [1.807, 2.05) is 13.0 Å². The molecule has 6 rings (SSSR count). The fourth-order valence-electron chi connectivity index (χ4n) is 5.43. The molecule has 1 fully saturated rings. The summed E-state index contributed by atoms with van der Waals surface area (Å²) in [4.78, 5) is 8.94. The van der Waals surface area contributed by atoms with Crippen LogP contribution < -0.4 is 0 Å². The number of benzene rings is 2. The molecule has 2 aromatic heterocycles. The minimum atomic E-state index is -3.41. The van der Waals surface area contributed by atoms with Gasteiger partial charge in [0.2, 0.25) is 0 Å². The van der Waals surface area contributed by atoms with Crippen LogP contribution in [0.3, 0.4) is 0 Å². The van der Waals surface area contributed by atoms with Crippen molar-refractivity contribution >= 4 is 26.5 Å². The molecular weight excluding hydrogens is 477 g/mol. The van der Waals surface area contributed by atoms with E-state index >= 15 is 0 Å². The van der Waals surface area contributed by atoms with E-state index in [4.69, 9.17) is 4.74 Å². The minimum absolute atomic E-state index is 0.0473. The predicted molar refractivity (Wildman–Crippen MR) is 138 cm³/mol. The van der Waals surface area contributed by atoms with Crippen LogP contribution in [-0.4, -0.2) is 43.2 Å². The number of aromatic nitrogens is 2. The molecule has 2 aliphatic rings. The Kier molecular flexibility index (Phi) is 5.53. The largest absolute Gasteiger partial charge is 0.381 e. The van der Waals surface area contributed by atoms with E-state index < -0.39 is 9.84 Å². The molecule has 4 aromatic rings. The molecule has 8 heteroatoms. The number of nitrogens with zero attached hydrogens (tertiary/aromatic N) is 3. The number of hydrogen-bond donors (Lipinski definition) is 0. The third kappa shape index (κ3) is 3.85. The Balaban J connectivity index is 1.70. The van der Waals surface area contributed by atoms with Gasteiger partial charge in [-0.1, -0.05) is 0 Å². The van der Waals surface area contributed by atoms with Gasteiger partial charge in [-0.05, 0) is 73.9 Å². The van der Waals surface area contributed by atoms with E-state index in [1.165, 1.54) is 12.1 Å². The topological polar surface area (TPSA) is 73.6 Å². The van der Waals surface area contributed by atoms with Gasteiger partial charge in [0.15, 0.2) is 14.9 Å². The van der Waals surface area contributed by atoms with Crippen molar-refractivity contribution in [1.82, 2.24) is 9.55 Å². The summed E-state index contributed by atoms with van der Waals surface area (Å²) in [6.45, 7) is 4.00. The molecule has 1 saturated heterocycles. The maximum atomic E-state index is 13.9. The van der Waals surface area contributed by atoms with E-state index in [0.29, 0.717) is 19.8 Å². The zero-order valence-corrected chi connectivity index (χ0v) is 21.0. The van der Waals surface area contributed by atoms with Crippen molar-refractivity contribution in [2.45, 2.75) is 37.3 Å². The van der Waals surface area contributed by atoms with Gasteiger partial charge >= 0.3 is 0 Å². The smallest absolute Gasteiger partial charge is 0.192 e. The molecule has 6 nitrogen and oxygen atoms in total. The number of rotatable bonds is 4. The number of ether oxygens (including phenoxy) is 1. The summed E-state index contributed by atoms with van der Waals surface area (Å²) in [5, 5.41) is 1.10. The van der Waals surface area contributed by atoms with E-state index in [1.54, 1.807) is 24.4 Å². The lowest BCUT2D eigenvalue weighted by Gasteiger charge is -2.25. The zero-order chi connectivity index (χ0) is 25.0. The third-order valence-electron chi connectivity index (χ3n) is 7.20. The van der Waals surface area contributed by atoms with Gasteiger partial charge in [-0.25, -0.2) is 17.8 Å². The van der Waals surface area contributed by atoms with E-state index in [9.17, 15) is 12.8 Å². The van der Waals surface area contributed by atoms with Crippen LogP contribution in [0.2, 0.25) is 0 Å². The molecule has 36 heavy (non-hydrogen) atoms. The summed E-state index contributed by atoms with van der Waals surface area (Å²) in [6.07, 6.45) is 4.53. The van der Waals surface area contributed by atoms with Crippen LogP contribution in [0.4, 0.5) is 4.39 Å². The van der Waals surface area contributed by atoms with Gasteiger partial charge in [0.1, 0.15) is 5.82 Å². The van der Waals surface area contributed by atoms with Gasteiger partial charge in [-0.2, -0.15) is 0 Å². The molecule has 2 aliphatic heterocycles. The number of hydrogen-bond acceptors (Lipinski definition) is 5. The van der Waals surface area contributed by atoms with Gasteiger partial charge in [-0.3, -0.25) is 4.99 Å². The van der Waals surface area contributed by atoms with Crippen LogP contribution in [0, 0.1) is 5.82 Å². The minimum Gasteiger partial charge on any atom is -0.381 e. The molecule has 0 aliphatic carbocycles. The standard InChI is InChI=1S/C28H26FN3O3S/c1-17-23-14-25-24(13-20(23)16-30-17)27(19-3-8-26(31-15-19)36(2,33)34)28(18-9-11-35-12-10-18)32(25)22-6-4-21(29)5-7-22/h3-8,13-15,18H,9-12,16H2,1-2H3. The summed E-state index contributed by atoms with van der Waals surface area (Å²) in [6, 6.07) is 14.4. The van der Waals surface area contributed by atoms with Crippen molar-refractivity contribution in [3.8, 4) is 16.8 Å². The lowest BCUT2D eigenvalue weighted by atomic mass is 9.90. The molecule has 0 amide bonds. The van der Waals surface area contributed by atoms with Crippen molar-refractivity contribution in [2.24, 2.45) is 4.99 Å². The molecule has 0 spiro atoms. The average Bonchev–Trinajstić information content (AvgIpc) is 3.40. The Morgan fingerprint density at radius 3 is 2.47 bits per heavy atom. The van der Waals surface area contributed by atoms with Crippen molar-refractivity contribution < 1.29 is 17.5 Å². The zero-order valence-electron chi connectivity index (χ0n) is 20.2. The van der Waals surface area contributed by atoms with Crippen molar-refractivity contribution in [3.63, 3.8) is 0 Å². The van der Waals surface area contributed by atoms with Crippen LogP contribution in [0.25, 0.3) is 27.7 Å². The number of aliphatic imine (C=N–C) groups is 1. The summed E-state index contributed by atoms with van der Waals surface area (Å²) in [5.74, 6) is -0.0714. The van der Waals surface area contributed by atoms with Gasteiger partial charge < -0.3 is 9.30 Å². The van der Waals surface area contributed by atoms with Crippen molar-refractivity contribution in [2.75, 3.05) is 19.5 Å². The number of halogens is 1. The highest BCUT2D eigenvalue weighted by Crippen LogP contribution is 2.44. The summed E-state index contributed by atoms with van der Waals surface area (Å²) < 4.78 is 45.9. The second-order valence-corrected chi connectivity index (χ2v) is 11.5. The lowest BCUT2D eigenvalue weighted by Crippen LogP contribution is -2.17. The Morgan fingerprint density at radius 2 is 1.81 bits per heavy atom. The van der Waals surface area contributed by atoms with Crippen molar-refractivity contribution in [3.05, 3.63) is 77.4 Å². The highest BCUT2D eigenvalue weighted by molar-refractivity contribution is 7.90. The molecule has 0 radical (unpaired) electrons. The summed E-state index contributed by atoms with van der Waals surface area (Å²) >= 11 is 0. The SMILES string of the molecule is CC1=NCc2cc3c(-c4ccc(S(C)(=O)=O)nc4)c(C4CCOCC4)n(-c4ccc(F)cc4)c3cc21. The first-order valence-electron chi connectivity index (χ1n) is 12.0. The maximum Gasteiger partial charge on any atom is 0.192 e. The molecule has 0 unspecified atom stereocenters. The molecule has 184 valence electrons. The number of sulfone groups is 1.